The number of hydrogen-bond acceptors (Lipinski definition) is 4. The predicted octanol–water partition coefficient (Wildman–Crippen LogP) is 4.04. The zero-order valence-corrected chi connectivity index (χ0v) is 17.8. The summed E-state index contributed by atoms with van der Waals surface area (Å²) in [5.41, 5.74) is 2.49. The van der Waals surface area contributed by atoms with Gasteiger partial charge in [0.25, 0.3) is 0 Å². The number of nitrogens with zero attached hydrogens (tertiary/aromatic N) is 2. The molecule has 4 rings (SSSR count). The minimum atomic E-state index is -0.467. The number of carbonyl (C=O) groups excluding carboxylic acids is 1. The number of carbonyl (C=O) groups is 1. The summed E-state index contributed by atoms with van der Waals surface area (Å²) in [5, 5.41) is 3.54. The number of likely N-dealkylation sites (tertiary alicyclic amines) is 1. The van der Waals surface area contributed by atoms with Crippen molar-refractivity contribution in [3.63, 3.8) is 0 Å². The maximum Gasteiger partial charge on any atom is 0.242 e. The van der Waals surface area contributed by atoms with Crippen LogP contribution < -0.4 is 10.1 Å². The molecule has 2 aliphatic rings. The number of halogens is 2. The van der Waals surface area contributed by atoms with Crippen molar-refractivity contribution in [3.8, 4) is 16.9 Å². The minimum Gasteiger partial charge on any atom is -0.494 e. The molecule has 2 aromatic rings. The molecular weight excluding hydrogens is 393 g/mol. The van der Waals surface area contributed by atoms with Crippen molar-refractivity contribution >= 4 is 18.3 Å². The van der Waals surface area contributed by atoms with Crippen molar-refractivity contribution in [2.45, 2.75) is 44.7 Å². The Hall–Kier alpha value is -2.18. The molecule has 0 aliphatic carbocycles. The molecule has 1 N–H and O–H groups in total. The van der Waals surface area contributed by atoms with E-state index in [1.165, 1.54) is 6.07 Å². The Morgan fingerprint density at radius 3 is 2.79 bits per heavy atom. The third-order valence-corrected chi connectivity index (χ3v) is 5.83. The van der Waals surface area contributed by atoms with Crippen LogP contribution in [0.15, 0.2) is 30.3 Å². The van der Waals surface area contributed by atoms with E-state index in [1.807, 2.05) is 33.0 Å². The first-order valence-electron chi connectivity index (χ1n) is 9.86. The van der Waals surface area contributed by atoms with Crippen LogP contribution in [-0.4, -0.2) is 41.5 Å². The quantitative estimate of drug-likeness (QED) is 0.812. The van der Waals surface area contributed by atoms with E-state index in [0.29, 0.717) is 17.9 Å². The first-order valence-corrected chi connectivity index (χ1v) is 9.86. The second-order valence-electron chi connectivity index (χ2n) is 7.79. The molecule has 0 bridgehead atoms. The van der Waals surface area contributed by atoms with Crippen LogP contribution in [-0.2, 0) is 4.79 Å². The molecule has 1 aromatic carbocycles. The summed E-state index contributed by atoms with van der Waals surface area (Å²) in [6.45, 7) is 5.13. The van der Waals surface area contributed by atoms with Gasteiger partial charge in [0.15, 0.2) is 0 Å². The van der Waals surface area contributed by atoms with Gasteiger partial charge in [-0.1, -0.05) is 0 Å². The van der Waals surface area contributed by atoms with E-state index >= 15 is 0 Å². The van der Waals surface area contributed by atoms with Crippen molar-refractivity contribution in [3.05, 3.63) is 47.5 Å². The second kappa shape index (κ2) is 8.28. The highest BCUT2D eigenvalue weighted by atomic mass is 35.5. The molecule has 2 atom stereocenters. The van der Waals surface area contributed by atoms with Crippen molar-refractivity contribution < 1.29 is 13.9 Å². The Labute approximate surface area is 177 Å². The predicted molar refractivity (Wildman–Crippen MR) is 113 cm³/mol. The lowest BCUT2D eigenvalue weighted by Crippen LogP contribution is -2.47. The molecule has 3 heterocycles. The van der Waals surface area contributed by atoms with E-state index in [1.54, 1.807) is 17.0 Å². The van der Waals surface area contributed by atoms with Gasteiger partial charge < -0.3 is 9.64 Å². The van der Waals surface area contributed by atoms with E-state index in [0.717, 1.165) is 42.8 Å². The summed E-state index contributed by atoms with van der Waals surface area (Å²) in [5.74, 6) is 0.522. The molecule has 0 saturated carbocycles. The largest absolute Gasteiger partial charge is 0.494 e. The van der Waals surface area contributed by atoms with E-state index in [2.05, 4.69) is 10.3 Å². The van der Waals surface area contributed by atoms with Gasteiger partial charge in [-0.3, -0.25) is 15.1 Å². The molecule has 0 radical (unpaired) electrons. The summed E-state index contributed by atoms with van der Waals surface area (Å²) in [7, 11) is 1.85. The smallest absolute Gasteiger partial charge is 0.242 e. The van der Waals surface area contributed by atoms with Gasteiger partial charge in [-0.2, -0.15) is 0 Å². The van der Waals surface area contributed by atoms with Crippen molar-refractivity contribution in [1.29, 1.82) is 0 Å². The van der Waals surface area contributed by atoms with Crippen LogP contribution >= 0.6 is 12.4 Å². The summed E-state index contributed by atoms with van der Waals surface area (Å²) in [4.78, 5) is 19.1. The SMILES string of the molecule is CCOc1ccc(F)c(-c2cc(C)nc([C@@H]3CC[C@]4(CCN(C)C4=O)N3)c2)c1.Cl. The zero-order valence-electron chi connectivity index (χ0n) is 17.0. The molecule has 2 aliphatic heterocycles. The second-order valence-corrected chi connectivity index (χ2v) is 7.79. The molecule has 1 amide bonds. The average molecular weight is 420 g/mol. The highest BCUT2D eigenvalue weighted by Crippen LogP contribution is 2.39. The molecule has 1 aromatic heterocycles. The molecule has 0 unspecified atom stereocenters. The lowest BCUT2D eigenvalue weighted by atomic mass is 9.96. The average Bonchev–Trinajstić information content (AvgIpc) is 3.23. The number of aryl methyl sites for hydroxylation is 1. The third-order valence-electron chi connectivity index (χ3n) is 5.83. The van der Waals surface area contributed by atoms with Crippen LogP contribution in [0.1, 0.15) is 43.6 Å². The molecule has 7 heteroatoms. The normalized spacial score (nSPS) is 23.5. The fourth-order valence-electron chi connectivity index (χ4n) is 4.40. The summed E-state index contributed by atoms with van der Waals surface area (Å²) in [6, 6.07) is 8.62. The Bertz CT molecular complexity index is 923. The topological polar surface area (TPSA) is 54.5 Å². The van der Waals surface area contributed by atoms with E-state index in [4.69, 9.17) is 4.74 Å². The first kappa shape index (κ1) is 21.5. The van der Waals surface area contributed by atoms with Crippen LogP contribution in [0.3, 0.4) is 0 Å². The minimum absolute atomic E-state index is 0. The molecule has 156 valence electrons. The van der Waals surface area contributed by atoms with Crippen molar-refractivity contribution in [2.24, 2.45) is 0 Å². The highest BCUT2D eigenvalue weighted by Gasteiger charge is 2.50. The molecule has 5 nitrogen and oxygen atoms in total. The van der Waals surface area contributed by atoms with Gasteiger partial charge in [-0.15, -0.1) is 12.4 Å². The highest BCUT2D eigenvalue weighted by molar-refractivity contribution is 5.88. The fourth-order valence-corrected chi connectivity index (χ4v) is 4.40. The van der Waals surface area contributed by atoms with Crippen LogP contribution in [0.5, 0.6) is 5.75 Å². The lowest BCUT2D eigenvalue weighted by molar-refractivity contribution is -0.131. The van der Waals surface area contributed by atoms with Crippen LogP contribution in [0, 0.1) is 12.7 Å². The number of pyridine rings is 1. The number of amides is 1. The standard InChI is InChI=1S/C22H26FN3O2.ClH/c1-4-28-16-5-6-18(23)17(13-16)15-11-14(2)24-20(12-15)19-7-8-22(25-19)9-10-26(3)21(22)27;/h5-6,11-13,19,25H,4,7-10H2,1-3H3;1H/t19-,22+;/m0./s1. The van der Waals surface area contributed by atoms with Gasteiger partial charge in [0.2, 0.25) is 5.91 Å². The first-order chi connectivity index (χ1) is 13.4. The van der Waals surface area contributed by atoms with E-state index in [-0.39, 0.29) is 30.2 Å². The van der Waals surface area contributed by atoms with E-state index < -0.39 is 5.54 Å². The van der Waals surface area contributed by atoms with Gasteiger partial charge in [0.1, 0.15) is 17.1 Å². The van der Waals surface area contributed by atoms with Crippen molar-refractivity contribution in [1.82, 2.24) is 15.2 Å². The van der Waals surface area contributed by atoms with E-state index in [9.17, 15) is 9.18 Å². The number of benzene rings is 1. The number of rotatable bonds is 4. The summed E-state index contributed by atoms with van der Waals surface area (Å²) < 4.78 is 20.1. The van der Waals surface area contributed by atoms with Gasteiger partial charge in [-0.25, -0.2) is 4.39 Å². The number of nitrogens with one attached hydrogen (secondary N) is 1. The van der Waals surface area contributed by atoms with Crippen LogP contribution in [0.25, 0.3) is 11.1 Å². The third kappa shape index (κ3) is 3.96. The summed E-state index contributed by atoms with van der Waals surface area (Å²) >= 11 is 0. The van der Waals surface area contributed by atoms with Crippen LogP contribution in [0.2, 0.25) is 0 Å². The number of aromatic nitrogens is 1. The van der Waals surface area contributed by atoms with Crippen LogP contribution in [0.4, 0.5) is 4.39 Å². The number of hydrogen-bond donors (Lipinski definition) is 1. The molecule has 2 fully saturated rings. The Balaban J connectivity index is 0.00000240. The van der Waals surface area contributed by atoms with Gasteiger partial charge in [-0.05, 0) is 69.0 Å². The number of likely N-dealkylation sites (N-methyl/N-ethyl adjacent to an activating group) is 1. The summed E-state index contributed by atoms with van der Waals surface area (Å²) in [6.07, 6.45) is 2.47. The lowest BCUT2D eigenvalue weighted by Gasteiger charge is -2.23. The zero-order chi connectivity index (χ0) is 19.9. The van der Waals surface area contributed by atoms with Gasteiger partial charge in [0.05, 0.1) is 18.3 Å². The van der Waals surface area contributed by atoms with Gasteiger partial charge >= 0.3 is 0 Å². The monoisotopic (exact) mass is 419 g/mol. The van der Waals surface area contributed by atoms with Crippen molar-refractivity contribution in [2.75, 3.05) is 20.2 Å². The van der Waals surface area contributed by atoms with Gasteiger partial charge in [0, 0.05) is 24.8 Å². The molecular formula is C22H27ClFN3O2. The Kier molecular flexibility index (Phi) is 6.15. The maximum atomic E-state index is 14.5. The Morgan fingerprint density at radius 1 is 1.31 bits per heavy atom. The number of ether oxygens (including phenoxy) is 1. The molecule has 29 heavy (non-hydrogen) atoms. The Morgan fingerprint density at radius 2 is 2.10 bits per heavy atom. The molecule has 1 spiro atoms. The maximum absolute atomic E-state index is 14.5. The molecule has 2 saturated heterocycles. The fraction of sp³-hybridized carbons (Fsp3) is 0.455.